The van der Waals surface area contributed by atoms with Gasteiger partial charge in [-0.05, 0) is 32.0 Å². The van der Waals surface area contributed by atoms with E-state index in [2.05, 4.69) is 48.0 Å². The lowest BCUT2D eigenvalue weighted by atomic mass is 10.2. The molecule has 4 nitrogen and oxygen atoms in total. The third-order valence-electron chi connectivity index (χ3n) is 3.79. The highest BCUT2D eigenvalue weighted by molar-refractivity contribution is 5.47. The number of nitrogens with one attached hydrogen (secondary N) is 1. The minimum atomic E-state index is 0.604. The molecule has 1 aliphatic rings. The van der Waals surface area contributed by atoms with Crippen molar-refractivity contribution in [3.8, 4) is 0 Å². The first kappa shape index (κ1) is 14.1. The van der Waals surface area contributed by atoms with Gasteiger partial charge in [0.2, 0.25) is 0 Å². The van der Waals surface area contributed by atoms with E-state index in [9.17, 15) is 0 Å². The number of pyridine rings is 1. The van der Waals surface area contributed by atoms with E-state index in [4.69, 9.17) is 4.98 Å². The Bertz CT molecular complexity index is 393. The fourth-order valence-electron chi connectivity index (χ4n) is 2.62. The highest BCUT2D eigenvalue weighted by Gasteiger charge is 2.23. The zero-order chi connectivity index (χ0) is 13.7. The quantitative estimate of drug-likeness (QED) is 0.883. The molecule has 0 aromatic carbocycles. The van der Waals surface area contributed by atoms with Gasteiger partial charge in [-0.25, -0.2) is 4.98 Å². The molecule has 1 aliphatic heterocycles. The number of hydrogen-bond acceptors (Lipinski definition) is 4. The Morgan fingerprint density at radius 3 is 2.84 bits per heavy atom. The summed E-state index contributed by atoms with van der Waals surface area (Å²) in [5.41, 5.74) is 0. The molecule has 0 amide bonds. The molecule has 1 aromatic rings. The van der Waals surface area contributed by atoms with Crippen LogP contribution in [-0.4, -0.2) is 48.6 Å². The van der Waals surface area contributed by atoms with Crippen molar-refractivity contribution in [2.24, 2.45) is 0 Å². The van der Waals surface area contributed by atoms with E-state index in [0.29, 0.717) is 6.04 Å². The number of piperazine rings is 1. The van der Waals surface area contributed by atoms with E-state index in [1.165, 1.54) is 0 Å². The van der Waals surface area contributed by atoms with E-state index in [0.717, 1.165) is 50.8 Å². The van der Waals surface area contributed by atoms with Gasteiger partial charge in [0.15, 0.2) is 0 Å². The number of likely N-dealkylation sites (N-methyl/N-ethyl adjacent to an activating group) is 1. The summed E-state index contributed by atoms with van der Waals surface area (Å²) in [5, 5.41) is 3.36. The highest BCUT2D eigenvalue weighted by atomic mass is 15.3. The van der Waals surface area contributed by atoms with E-state index < -0.39 is 0 Å². The predicted molar refractivity (Wildman–Crippen MR) is 81.9 cm³/mol. The van der Waals surface area contributed by atoms with Crippen molar-refractivity contribution in [1.29, 1.82) is 0 Å². The third-order valence-corrected chi connectivity index (χ3v) is 3.79. The maximum Gasteiger partial charge on any atom is 0.131 e. The second-order valence-electron chi connectivity index (χ2n) is 5.23. The first-order chi connectivity index (χ1) is 9.24. The second kappa shape index (κ2) is 6.75. The number of rotatable bonds is 5. The van der Waals surface area contributed by atoms with Crippen LogP contribution in [-0.2, 0) is 0 Å². The zero-order valence-corrected chi connectivity index (χ0v) is 12.4. The van der Waals surface area contributed by atoms with Crippen molar-refractivity contribution >= 4 is 11.6 Å². The molecule has 106 valence electrons. The average Bonchev–Trinajstić information content (AvgIpc) is 2.45. The van der Waals surface area contributed by atoms with Crippen LogP contribution in [0.25, 0.3) is 0 Å². The van der Waals surface area contributed by atoms with Crippen LogP contribution in [0.3, 0.4) is 0 Å². The summed E-state index contributed by atoms with van der Waals surface area (Å²) in [7, 11) is 0. The molecule has 1 unspecified atom stereocenters. The molecule has 1 aromatic heterocycles. The van der Waals surface area contributed by atoms with Gasteiger partial charge in [0, 0.05) is 32.2 Å². The summed E-state index contributed by atoms with van der Waals surface area (Å²) in [6.45, 7) is 12.1. The lowest BCUT2D eigenvalue weighted by molar-refractivity contribution is 0.199. The van der Waals surface area contributed by atoms with Crippen LogP contribution in [0.2, 0.25) is 0 Å². The van der Waals surface area contributed by atoms with Gasteiger partial charge in [0.25, 0.3) is 0 Å². The lowest BCUT2D eigenvalue weighted by Gasteiger charge is -2.40. The topological polar surface area (TPSA) is 31.4 Å². The van der Waals surface area contributed by atoms with E-state index in [-0.39, 0.29) is 0 Å². The number of hydrogen-bond donors (Lipinski definition) is 1. The van der Waals surface area contributed by atoms with Crippen molar-refractivity contribution in [3.05, 3.63) is 18.2 Å². The molecule has 1 atom stereocenters. The molecular formula is C15H26N4. The Hall–Kier alpha value is -1.29. The van der Waals surface area contributed by atoms with Crippen molar-refractivity contribution in [2.75, 3.05) is 42.9 Å². The smallest absolute Gasteiger partial charge is 0.131 e. The second-order valence-corrected chi connectivity index (χ2v) is 5.23. The van der Waals surface area contributed by atoms with E-state index >= 15 is 0 Å². The van der Waals surface area contributed by atoms with Gasteiger partial charge >= 0.3 is 0 Å². The Labute approximate surface area is 116 Å². The zero-order valence-electron chi connectivity index (χ0n) is 12.4. The SMILES string of the molecule is CCCNc1cccc(N2CCN(CC)C(C)C2)n1. The molecule has 4 heteroatoms. The van der Waals surface area contributed by atoms with Crippen LogP contribution in [0.5, 0.6) is 0 Å². The fourth-order valence-corrected chi connectivity index (χ4v) is 2.62. The molecule has 0 aliphatic carbocycles. The van der Waals surface area contributed by atoms with E-state index in [1.807, 2.05) is 6.07 Å². The van der Waals surface area contributed by atoms with Gasteiger partial charge in [-0.15, -0.1) is 0 Å². The minimum Gasteiger partial charge on any atom is -0.370 e. The normalized spacial score (nSPS) is 20.6. The maximum absolute atomic E-state index is 4.72. The van der Waals surface area contributed by atoms with Gasteiger partial charge in [-0.2, -0.15) is 0 Å². The number of anilines is 2. The predicted octanol–water partition coefficient (Wildman–Crippen LogP) is 2.43. The molecule has 0 bridgehead atoms. The summed E-state index contributed by atoms with van der Waals surface area (Å²) in [4.78, 5) is 9.64. The summed E-state index contributed by atoms with van der Waals surface area (Å²) in [6.07, 6.45) is 1.12. The van der Waals surface area contributed by atoms with Crippen molar-refractivity contribution in [2.45, 2.75) is 33.2 Å². The van der Waals surface area contributed by atoms with Gasteiger partial charge in [0.05, 0.1) is 0 Å². The summed E-state index contributed by atoms with van der Waals surface area (Å²) in [6, 6.07) is 6.86. The lowest BCUT2D eigenvalue weighted by Crippen LogP contribution is -2.52. The number of aromatic nitrogens is 1. The van der Waals surface area contributed by atoms with Crippen LogP contribution in [0, 0.1) is 0 Å². The first-order valence-electron chi connectivity index (χ1n) is 7.44. The van der Waals surface area contributed by atoms with E-state index in [1.54, 1.807) is 0 Å². The molecule has 2 heterocycles. The molecule has 19 heavy (non-hydrogen) atoms. The van der Waals surface area contributed by atoms with Gasteiger partial charge in [0.1, 0.15) is 11.6 Å². The molecule has 1 saturated heterocycles. The molecular weight excluding hydrogens is 236 g/mol. The summed E-state index contributed by atoms with van der Waals surface area (Å²) >= 11 is 0. The van der Waals surface area contributed by atoms with Crippen LogP contribution >= 0.6 is 0 Å². The fraction of sp³-hybridized carbons (Fsp3) is 0.667. The Morgan fingerprint density at radius 2 is 2.16 bits per heavy atom. The molecule has 0 saturated carbocycles. The van der Waals surface area contributed by atoms with Crippen LogP contribution in [0.1, 0.15) is 27.2 Å². The van der Waals surface area contributed by atoms with Gasteiger partial charge in [-0.1, -0.05) is 19.9 Å². The third kappa shape index (κ3) is 3.60. The molecule has 1 fully saturated rings. The molecule has 1 N–H and O–H groups in total. The Morgan fingerprint density at radius 1 is 1.32 bits per heavy atom. The Balaban J connectivity index is 2.02. The maximum atomic E-state index is 4.72. The van der Waals surface area contributed by atoms with Crippen LogP contribution in [0.15, 0.2) is 18.2 Å². The average molecular weight is 262 g/mol. The van der Waals surface area contributed by atoms with Crippen molar-refractivity contribution < 1.29 is 0 Å². The standard InChI is InChI=1S/C15H26N4/c1-4-9-16-14-7-6-8-15(17-14)19-11-10-18(5-2)13(3)12-19/h6-8,13H,4-5,9-12H2,1-3H3,(H,16,17). The molecule has 0 radical (unpaired) electrons. The molecule has 2 rings (SSSR count). The number of nitrogens with zero attached hydrogens (tertiary/aromatic N) is 3. The van der Waals surface area contributed by atoms with Crippen LogP contribution < -0.4 is 10.2 Å². The first-order valence-corrected chi connectivity index (χ1v) is 7.44. The Kier molecular flexibility index (Phi) is 5.02. The summed E-state index contributed by atoms with van der Waals surface area (Å²) in [5.74, 6) is 2.09. The van der Waals surface area contributed by atoms with Gasteiger partial charge < -0.3 is 10.2 Å². The summed E-state index contributed by atoms with van der Waals surface area (Å²) < 4.78 is 0. The molecule has 0 spiro atoms. The van der Waals surface area contributed by atoms with Gasteiger partial charge in [-0.3, -0.25) is 4.90 Å². The van der Waals surface area contributed by atoms with Crippen molar-refractivity contribution in [1.82, 2.24) is 9.88 Å². The monoisotopic (exact) mass is 262 g/mol. The largest absolute Gasteiger partial charge is 0.370 e. The van der Waals surface area contributed by atoms with Crippen LogP contribution in [0.4, 0.5) is 11.6 Å². The highest BCUT2D eigenvalue weighted by Crippen LogP contribution is 2.18. The minimum absolute atomic E-state index is 0.604. The van der Waals surface area contributed by atoms with Crippen molar-refractivity contribution in [3.63, 3.8) is 0 Å².